The van der Waals surface area contributed by atoms with Crippen molar-refractivity contribution in [1.29, 1.82) is 0 Å². The molecule has 40 heavy (non-hydrogen) atoms. The molecule has 2 aliphatic heterocycles. The fourth-order valence-electron chi connectivity index (χ4n) is 5.31. The summed E-state index contributed by atoms with van der Waals surface area (Å²) in [5.74, 6) is -0.660. The van der Waals surface area contributed by atoms with Gasteiger partial charge >= 0.3 is 5.97 Å². The van der Waals surface area contributed by atoms with E-state index in [1.54, 1.807) is 12.1 Å². The van der Waals surface area contributed by atoms with Gasteiger partial charge < -0.3 is 24.4 Å². The Balaban J connectivity index is 1.79. The van der Waals surface area contributed by atoms with Crippen molar-refractivity contribution in [2.24, 2.45) is 0 Å². The molecule has 0 fully saturated rings. The summed E-state index contributed by atoms with van der Waals surface area (Å²) in [4.78, 5) is 29.0. The number of anilines is 2. The average molecular weight is 567 g/mol. The lowest BCUT2D eigenvalue weighted by Crippen LogP contribution is -2.57. The standard InChI is InChI=1S/C28H30N4O7S/c1-29(2)18-9-11-22-24(15-18)39-25-16-19(30(3)4)10-12-23(25)28(22)21-8-6-5-7-20(21)27(35)32(28)31(40(36)37)13-14-38-17-26(33)34/h5-12,15-16H,13-14,17H2,1-4H3,(H,33,34)(H,36,37). The fraction of sp³-hybridized carbons (Fsp3) is 0.286. The maximum Gasteiger partial charge on any atom is 0.329 e. The summed E-state index contributed by atoms with van der Waals surface area (Å²) in [5, 5.41) is 10.3. The molecule has 1 amide bonds. The molecule has 1 spiro atoms. The number of benzene rings is 3. The van der Waals surface area contributed by atoms with Gasteiger partial charge in [-0.1, -0.05) is 30.3 Å². The van der Waals surface area contributed by atoms with Crippen LogP contribution < -0.4 is 14.5 Å². The Labute approximate surface area is 234 Å². The Kier molecular flexibility index (Phi) is 7.27. The van der Waals surface area contributed by atoms with Crippen LogP contribution in [0.3, 0.4) is 0 Å². The van der Waals surface area contributed by atoms with Crippen LogP contribution in [0.15, 0.2) is 60.7 Å². The van der Waals surface area contributed by atoms with E-state index in [1.165, 1.54) is 5.01 Å². The summed E-state index contributed by atoms with van der Waals surface area (Å²) in [6.45, 7) is -1.01. The maximum absolute atomic E-state index is 14.2. The number of hydrogen-bond donors (Lipinski definition) is 2. The molecule has 0 aromatic heterocycles. The maximum atomic E-state index is 14.2. The van der Waals surface area contributed by atoms with Crippen molar-refractivity contribution in [3.63, 3.8) is 0 Å². The number of carbonyl (C=O) groups excluding carboxylic acids is 1. The van der Waals surface area contributed by atoms with Crippen molar-refractivity contribution in [3.05, 3.63) is 82.9 Å². The zero-order valence-electron chi connectivity index (χ0n) is 22.5. The van der Waals surface area contributed by atoms with Gasteiger partial charge in [-0.2, -0.15) is 0 Å². The molecular weight excluding hydrogens is 536 g/mol. The van der Waals surface area contributed by atoms with E-state index in [9.17, 15) is 18.4 Å². The normalized spacial score (nSPS) is 15.3. The van der Waals surface area contributed by atoms with Crippen molar-refractivity contribution in [2.45, 2.75) is 5.54 Å². The summed E-state index contributed by atoms with van der Waals surface area (Å²) >= 11 is -2.67. The molecule has 2 N–H and O–H groups in total. The Morgan fingerprint density at radius 1 is 0.950 bits per heavy atom. The van der Waals surface area contributed by atoms with Gasteiger partial charge in [-0.25, -0.2) is 14.0 Å². The molecule has 0 bridgehead atoms. The van der Waals surface area contributed by atoms with Gasteiger partial charge in [-0.05, 0) is 18.2 Å². The summed E-state index contributed by atoms with van der Waals surface area (Å²) in [6.07, 6.45) is 0. The van der Waals surface area contributed by atoms with Crippen LogP contribution in [0.2, 0.25) is 0 Å². The van der Waals surface area contributed by atoms with Crippen molar-refractivity contribution < 1.29 is 32.9 Å². The van der Waals surface area contributed by atoms with Gasteiger partial charge in [0.25, 0.3) is 17.2 Å². The third-order valence-electron chi connectivity index (χ3n) is 7.08. The lowest BCUT2D eigenvalue weighted by Gasteiger charge is -2.46. The zero-order chi connectivity index (χ0) is 28.8. The Hall–Kier alpha value is -3.97. The number of carboxylic acids is 1. The summed E-state index contributed by atoms with van der Waals surface area (Å²) in [5.41, 5.74) is 2.61. The molecule has 5 rings (SSSR count). The van der Waals surface area contributed by atoms with Gasteiger partial charge in [-0.3, -0.25) is 9.35 Å². The van der Waals surface area contributed by atoms with Gasteiger partial charge in [0.1, 0.15) is 23.6 Å². The SMILES string of the molecule is CN(C)c1ccc2c(c1)Oc1cc(N(C)C)ccc1C21c2ccccc2C(=O)N1N(CCOCC(=O)O)S(=O)O. The summed E-state index contributed by atoms with van der Waals surface area (Å²) < 4.78 is 36.1. The molecule has 1 atom stereocenters. The van der Waals surface area contributed by atoms with Crippen LogP contribution >= 0.6 is 0 Å². The molecule has 12 heteroatoms. The van der Waals surface area contributed by atoms with Crippen LogP contribution in [0.25, 0.3) is 0 Å². The van der Waals surface area contributed by atoms with Gasteiger partial charge in [0, 0.05) is 74.0 Å². The van der Waals surface area contributed by atoms with E-state index >= 15 is 0 Å². The number of hydrogen-bond acceptors (Lipinski definition) is 7. The van der Waals surface area contributed by atoms with Crippen LogP contribution in [0.5, 0.6) is 11.5 Å². The number of carbonyl (C=O) groups is 2. The van der Waals surface area contributed by atoms with E-state index in [-0.39, 0.29) is 13.2 Å². The smallest absolute Gasteiger partial charge is 0.329 e. The first-order valence-corrected chi connectivity index (χ1v) is 13.6. The van der Waals surface area contributed by atoms with Gasteiger partial charge in [0.2, 0.25) is 0 Å². The first-order chi connectivity index (χ1) is 19.1. The van der Waals surface area contributed by atoms with Crippen LogP contribution in [0.4, 0.5) is 11.4 Å². The Bertz CT molecular complexity index is 1450. The van der Waals surface area contributed by atoms with Crippen LogP contribution in [0, 0.1) is 0 Å². The van der Waals surface area contributed by atoms with Gasteiger partial charge in [0.05, 0.1) is 13.2 Å². The molecule has 2 aliphatic rings. The number of fused-ring (bicyclic) bond motifs is 6. The van der Waals surface area contributed by atoms with Crippen LogP contribution in [-0.2, 0) is 26.3 Å². The number of hydrazine groups is 1. The van der Waals surface area contributed by atoms with Crippen molar-refractivity contribution in [1.82, 2.24) is 9.42 Å². The summed E-state index contributed by atoms with van der Waals surface area (Å²) in [6, 6.07) is 18.4. The third kappa shape index (κ3) is 4.38. The van der Waals surface area contributed by atoms with Crippen molar-refractivity contribution >= 4 is 34.5 Å². The minimum absolute atomic E-state index is 0.204. The van der Waals surface area contributed by atoms with Gasteiger partial charge in [-0.15, -0.1) is 4.41 Å². The lowest BCUT2D eigenvalue weighted by molar-refractivity contribution is -0.142. The van der Waals surface area contributed by atoms with E-state index < -0.39 is 35.3 Å². The average Bonchev–Trinajstić information content (AvgIpc) is 3.16. The highest BCUT2D eigenvalue weighted by Crippen LogP contribution is 2.58. The highest BCUT2D eigenvalue weighted by atomic mass is 32.2. The first-order valence-electron chi connectivity index (χ1n) is 12.5. The van der Waals surface area contributed by atoms with Crippen molar-refractivity contribution in [3.8, 4) is 11.5 Å². The molecule has 0 aliphatic carbocycles. The molecule has 1 unspecified atom stereocenters. The molecule has 3 aromatic rings. The second-order valence-electron chi connectivity index (χ2n) is 9.88. The number of carboxylic acid groups (broad SMARTS) is 1. The molecule has 210 valence electrons. The van der Waals surface area contributed by atoms with E-state index in [2.05, 4.69) is 0 Å². The number of aliphatic carboxylic acids is 1. The predicted molar refractivity (Wildman–Crippen MR) is 150 cm³/mol. The quantitative estimate of drug-likeness (QED) is 0.297. The largest absolute Gasteiger partial charge is 0.480 e. The second kappa shape index (κ2) is 10.5. The van der Waals surface area contributed by atoms with Crippen molar-refractivity contribution in [2.75, 3.05) is 57.7 Å². The molecule has 0 radical (unpaired) electrons. The number of nitrogens with zero attached hydrogens (tertiary/aromatic N) is 4. The molecule has 3 aromatic carbocycles. The molecular formula is C28H30N4O7S. The van der Waals surface area contributed by atoms with E-state index in [1.807, 2.05) is 86.5 Å². The fourth-order valence-corrected chi connectivity index (χ4v) is 5.88. The highest BCUT2D eigenvalue weighted by molar-refractivity contribution is 7.76. The van der Waals surface area contributed by atoms with E-state index in [0.29, 0.717) is 33.8 Å². The second-order valence-corrected chi connectivity index (χ2v) is 10.8. The topological polar surface area (TPSA) is 123 Å². The Morgan fingerprint density at radius 2 is 1.52 bits per heavy atom. The lowest BCUT2D eigenvalue weighted by atomic mass is 9.75. The third-order valence-corrected chi connectivity index (χ3v) is 7.78. The molecule has 0 saturated carbocycles. The monoisotopic (exact) mass is 566 g/mol. The zero-order valence-corrected chi connectivity index (χ0v) is 23.3. The molecule has 2 heterocycles. The van der Waals surface area contributed by atoms with E-state index in [4.69, 9.17) is 14.6 Å². The minimum atomic E-state index is -2.67. The summed E-state index contributed by atoms with van der Waals surface area (Å²) in [7, 11) is 7.64. The van der Waals surface area contributed by atoms with Crippen LogP contribution in [0.1, 0.15) is 27.0 Å². The molecule has 0 saturated heterocycles. The Morgan fingerprint density at radius 3 is 2.05 bits per heavy atom. The minimum Gasteiger partial charge on any atom is -0.480 e. The van der Waals surface area contributed by atoms with E-state index in [0.717, 1.165) is 15.8 Å². The highest BCUT2D eigenvalue weighted by Gasteiger charge is 2.59. The number of ether oxygens (including phenoxy) is 2. The number of rotatable bonds is 9. The van der Waals surface area contributed by atoms with Gasteiger partial charge in [0.15, 0.2) is 0 Å². The predicted octanol–water partition coefficient (Wildman–Crippen LogP) is 3.13. The number of amides is 1. The van der Waals surface area contributed by atoms with Crippen LogP contribution in [-0.4, -0.2) is 83.1 Å². The molecule has 11 nitrogen and oxygen atoms in total. The first kappa shape index (κ1) is 27.6.